The maximum Gasteiger partial charge on any atom is 0.460 e. The molecule has 0 aliphatic heterocycles. The first-order chi connectivity index (χ1) is 15.3. The van der Waals surface area contributed by atoms with Gasteiger partial charge < -0.3 is 27.9 Å². The normalized spacial score (nSPS) is 10.8. The van der Waals surface area contributed by atoms with Crippen molar-refractivity contribution in [2.45, 2.75) is 67.2 Å². The SMILES string of the molecule is CCCCOP(O)OCCCC.Cc1cccc(OP(O)Oc2cccc(C)c2C)c1C. The highest BCUT2D eigenvalue weighted by atomic mass is 31.2. The topological polar surface area (TPSA) is 77.4 Å². The van der Waals surface area contributed by atoms with E-state index in [4.69, 9.17) is 23.0 Å². The number of unbranched alkanes of at least 4 members (excludes halogenated alkanes) is 2. The number of benzene rings is 2. The van der Waals surface area contributed by atoms with Gasteiger partial charge in [-0.1, -0.05) is 51.0 Å². The van der Waals surface area contributed by atoms with Gasteiger partial charge in [-0.3, -0.25) is 0 Å². The molecule has 32 heavy (non-hydrogen) atoms. The van der Waals surface area contributed by atoms with Crippen LogP contribution in [-0.2, 0) is 9.05 Å². The van der Waals surface area contributed by atoms with Gasteiger partial charge in [0.05, 0.1) is 13.2 Å². The first-order valence-electron chi connectivity index (χ1n) is 11.0. The molecule has 0 heterocycles. The van der Waals surface area contributed by atoms with Crippen LogP contribution >= 0.6 is 17.2 Å². The summed E-state index contributed by atoms with van der Waals surface area (Å²) in [5.74, 6) is 1.31. The van der Waals surface area contributed by atoms with Crippen molar-refractivity contribution in [3.05, 3.63) is 58.7 Å². The van der Waals surface area contributed by atoms with E-state index in [0.29, 0.717) is 24.7 Å². The Bertz CT molecular complexity index is 724. The minimum atomic E-state index is -1.99. The van der Waals surface area contributed by atoms with E-state index in [2.05, 4.69) is 13.8 Å². The van der Waals surface area contributed by atoms with E-state index in [9.17, 15) is 4.89 Å². The van der Waals surface area contributed by atoms with Crippen LogP contribution in [0.25, 0.3) is 0 Å². The fraction of sp³-hybridized carbons (Fsp3) is 0.500. The second kappa shape index (κ2) is 16.4. The number of aryl methyl sites for hydroxylation is 2. The molecule has 0 fully saturated rings. The third kappa shape index (κ3) is 11.0. The summed E-state index contributed by atoms with van der Waals surface area (Å²) in [6.07, 6.45) is 4.13. The van der Waals surface area contributed by atoms with E-state index in [-0.39, 0.29) is 0 Å². The van der Waals surface area contributed by atoms with Gasteiger partial charge in [-0.05, 0) is 74.9 Å². The maximum atomic E-state index is 10.0. The molecule has 2 aromatic carbocycles. The Morgan fingerprint density at radius 1 is 0.656 bits per heavy atom. The zero-order chi connectivity index (χ0) is 23.9. The van der Waals surface area contributed by atoms with Crippen LogP contribution in [0, 0.1) is 27.7 Å². The molecule has 0 aliphatic rings. The number of hydrogen-bond donors (Lipinski definition) is 2. The molecule has 0 amide bonds. The van der Waals surface area contributed by atoms with Crippen molar-refractivity contribution >= 4 is 17.2 Å². The quantitative estimate of drug-likeness (QED) is 0.241. The third-order valence-corrected chi connectivity index (χ3v) is 6.37. The summed E-state index contributed by atoms with van der Waals surface area (Å²) in [5, 5.41) is 0. The van der Waals surface area contributed by atoms with Crippen molar-refractivity contribution in [2.75, 3.05) is 13.2 Å². The molecular weight excluding hydrogens is 446 g/mol. The summed E-state index contributed by atoms with van der Waals surface area (Å²) in [4.78, 5) is 19.1. The van der Waals surface area contributed by atoms with Crippen molar-refractivity contribution in [3.8, 4) is 11.5 Å². The van der Waals surface area contributed by atoms with E-state index < -0.39 is 17.2 Å². The van der Waals surface area contributed by atoms with Crippen LogP contribution in [0.4, 0.5) is 0 Å². The summed E-state index contributed by atoms with van der Waals surface area (Å²) in [7, 11) is -3.59. The lowest BCUT2D eigenvalue weighted by Crippen LogP contribution is -1.98. The van der Waals surface area contributed by atoms with Gasteiger partial charge in [0.25, 0.3) is 0 Å². The third-order valence-electron chi connectivity index (χ3n) is 4.86. The average Bonchev–Trinajstić information content (AvgIpc) is 2.76. The molecule has 2 N–H and O–H groups in total. The van der Waals surface area contributed by atoms with Gasteiger partial charge in [0.2, 0.25) is 0 Å². The van der Waals surface area contributed by atoms with Crippen LogP contribution in [0.2, 0.25) is 0 Å². The Hall–Kier alpha value is -1.26. The average molecular weight is 485 g/mol. The lowest BCUT2D eigenvalue weighted by Gasteiger charge is -2.16. The van der Waals surface area contributed by atoms with Crippen molar-refractivity contribution in [1.82, 2.24) is 0 Å². The fourth-order valence-electron chi connectivity index (χ4n) is 2.44. The van der Waals surface area contributed by atoms with Crippen LogP contribution in [-0.4, -0.2) is 23.0 Å². The highest BCUT2D eigenvalue weighted by Crippen LogP contribution is 2.39. The molecule has 0 saturated carbocycles. The zero-order valence-corrected chi connectivity index (χ0v) is 21.9. The fourth-order valence-corrected chi connectivity index (χ4v) is 3.86. The molecule has 0 radical (unpaired) electrons. The first kappa shape index (κ1) is 28.8. The molecule has 2 aromatic rings. The van der Waals surface area contributed by atoms with Crippen molar-refractivity contribution in [2.24, 2.45) is 0 Å². The molecule has 0 atom stereocenters. The van der Waals surface area contributed by atoms with E-state index in [1.54, 1.807) is 0 Å². The summed E-state index contributed by atoms with van der Waals surface area (Å²) in [6.45, 7) is 13.3. The second-order valence-corrected chi connectivity index (χ2v) is 9.26. The summed E-state index contributed by atoms with van der Waals surface area (Å²) in [6, 6.07) is 11.5. The lowest BCUT2D eigenvalue weighted by molar-refractivity contribution is 0.196. The Morgan fingerprint density at radius 3 is 1.44 bits per heavy atom. The molecule has 180 valence electrons. The predicted molar refractivity (Wildman–Crippen MR) is 133 cm³/mol. The van der Waals surface area contributed by atoms with Crippen molar-refractivity contribution in [1.29, 1.82) is 0 Å². The van der Waals surface area contributed by atoms with Gasteiger partial charge in [0.15, 0.2) is 0 Å². The Kier molecular flexibility index (Phi) is 14.7. The molecule has 8 heteroatoms. The Morgan fingerprint density at radius 2 is 1.06 bits per heavy atom. The summed E-state index contributed by atoms with van der Waals surface area (Å²) >= 11 is 0. The van der Waals surface area contributed by atoms with E-state index >= 15 is 0 Å². The van der Waals surface area contributed by atoms with Crippen LogP contribution in [0.15, 0.2) is 36.4 Å². The Labute approximate surface area is 195 Å². The molecule has 0 aliphatic carbocycles. The van der Waals surface area contributed by atoms with Gasteiger partial charge in [-0.25, -0.2) is 0 Å². The maximum absolute atomic E-state index is 10.0. The van der Waals surface area contributed by atoms with E-state index in [1.807, 2.05) is 64.1 Å². The number of hydrogen-bond acceptors (Lipinski definition) is 6. The van der Waals surface area contributed by atoms with Crippen molar-refractivity contribution in [3.63, 3.8) is 0 Å². The molecule has 0 aromatic heterocycles. The van der Waals surface area contributed by atoms with Gasteiger partial charge in [-0.15, -0.1) is 0 Å². The lowest BCUT2D eigenvalue weighted by atomic mass is 10.1. The van der Waals surface area contributed by atoms with Crippen LogP contribution in [0.5, 0.6) is 11.5 Å². The zero-order valence-electron chi connectivity index (χ0n) is 20.1. The largest absolute Gasteiger partial charge is 0.460 e. The summed E-state index contributed by atoms with van der Waals surface area (Å²) < 4.78 is 21.1. The molecule has 2 rings (SSSR count). The smallest absolute Gasteiger partial charge is 0.418 e. The van der Waals surface area contributed by atoms with Crippen LogP contribution in [0.3, 0.4) is 0 Å². The minimum Gasteiger partial charge on any atom is -0.418 e. The highest BCUT2D eigenvalue weighted by Gasteiger charge is 2.15. The molecular formula is C24H38O6P2. The van der Waals surface area contributed by atoms with Crippen molar-refractivity contribution < 1.29 is 27.9 Å². The highest BCUT2D eigenvalue weighted by molar-refractivity contribution is 7.41. The standard InChI is InChI=1S/C16H19O3P.C8H19O3P/c1-11-7-5-9-15(13(11)3)18-20(17)19-16-10-6-8-12(2)14(16)4;1-3-5-7-10-12(9)11-8-6-4-2/h5-10,17H,1-4H3;9H,3-8H2,1-2H3. The monoisotopic (exact) mass is 484 g/mol. The molecule has 0 unspecified atom stereocenters. The van der Waals surface area contributed by atoms with Crippen LogP contribution < -0.4 is 9.05 Å². The Balaban J connectivity index is 0.000000368. The van der Waals surface area contributed by atoms with Gasteiger partial charge in [-0.2, -0.15) is 0 Å². The summed E-state index contributed by atoms with van der Waals surface area (Å²) in [5.41, 5.74) is 4.27. The molecule has 0 bridgehead atoms. The predicted octanol–water partition coefficient (Wildman–Crippen LogP) is 7.44. The first-order valence-corrected chi connectivity index (χ1v) is 13.3. The minimum absolute atomic E-state index is 0.602. The van der Waals surface area contributed by atoms with Gasteiger partial charge in [0.1, 0.15) is 11.5 Å². The van der Waals surface area contributed by atoms with E-state index in [1.165, 1.54) is 0 Å². The molecule has 0 saturated heterocycles. The molecule has 0 spiro atoms. The number of rotatable bonds is 12. The van der Waals surface area contributed by atoms with Gasteiger partial charge in [0, 0.05) is 0 Å². The van der Waals surface area contributed by atoms with E-state index in [0.717, 1.165) is 47.9 Å². The van der Waals surface area contributed by atoms with Gasteiger partial charge >= 0.3 is 17.2 Å². The second-order valence-electron chi connectivity index (χ2n) is 7.43. The molecule has 6 nitrogen and oxygen atoms in total. The van der Waals surface area contributed by atoms with Crippen LogP contribution in [0.1, 0.15) is 61.8 Å².